The van der Waals surface area contributed by atoms with Gasteiger partial charge in [0.05, 0.1) is 4.92 Å². The van der Waals surface area contributed by atoms with Gasteiger partial charge in [-0.15, -0.1) is 0 Å². The average Bonchev–Trinajstić information content (AvgIpc) is 2.34. The molecule has 0 aliphatic rings. The monoisotopic (exact) mass is 269 g/mol. The van der Waals surface area contributed by atoms with Crippen LogP contribution in [0, 0.1) is 15.9 Å². The van der Waals surface area contributed by atoms with Crippen molar-refractivity contribution in [1.29, 1.82) is 0 Å². The fraction of sp³-hybridized carbons (Fsp3) is 0.417. The molecule has 0 fully saturated rings. The minimum absolute atomic E-state index is 0.230. The number of carbonyl (C=O) groups is 1. The molecule has 0 atom stereocenters. The number of hydrogen-bond donors (Lipinski definition) is 0. The molecule has 0 aromatic heterocycles. The summed E-state index contributed by atoms with van der Waals surface area (Å²) in [6.45, 7) is 1.02. The minimum atomic E-state index is -0.688. The zero-order valence-corrected chi connectivity index (χ0v) is 11.1. The zero-order chi connectivity index (χ0) is 14.6. The third-order valence-electron chi connectivity index (χ3n) is 2.62. The fourth-order valence-electron chi connectivity index (χ4n) is 1.50. The van der Waals surface area contributed by atoms with Crippen molar-refractivity contribution >= 4 is 11.6 Å². The van der Waals surface area contributed by atoms with Crippen LogP contribution in [0.1, 0.15) is 10.4 Å². The van der Waals surface area contributed by atoms with Gasteiger partial charge < -0.3 is 9.80 Å². The van der Waals surface area contributed by atoms with Crippen LogP contribution < -0.4 is 0 Å². The molecule has 19 heavy (non-hydrogen) atoms. The highest BCUT2D eigenvalue weighted by atomic mass is 19.1. The maximum Gasteiger partial charge on any atom is 0.282 e. The van der Waals surface area contributed by atoms with Crippen molar-refractivity contribution in [3.05, 3.63) is 39.7 Å². The highest BCUT2D eigenvalue weighted by Crippen LogP contribution is 2.20. The van der Waals surface area contributed by atoms with Gasteiger partial charge in [0.15, 0.2) is 0 Å². The molecule has 1 amide bonds. The fourth-order valence-corrected chi connectivity index (χ4v) is 1.50. The van der Waals surface area contributed by atoms with E-state index >= 15 is 0 Å². The topological polar surface area (TPSA) is 66.7 Å². The number of benzene rings is 1. The Morgan fingerprint density at radius 3 is 2.47 bits per heavy atom. The third kappa shape index (κ3) is 3.99. The van der Waals surface area contributed by atoms with Crippen molar-refractivity contribution < 1.29 is 14.1 Å². The van der Waals surface area contributed by atoms with Gasteiger partial charge in [0, 0.05) is 26.2 Å². The number of likely N-dealkylation sites (N-methyl/N-ethyl adjacent to an activating group) is 2. The van der Waals surface area contributed by atoms with E-state index in [2.05, 4.69) is 0 Å². The smallest absolute Gasteiger partial charge is 0.282 e. The van der Waals surface area contributed by atoms with Gasteiger partial charge in [0.25, 0.3) is 11.6 Å². The van der Waals surface area contributed by atoms with Gasteiger partial charge in [-0.3, -0.25) is 14.9 Å². The SMILES string of the molecule is CN(C)CCN(C)C(=O)c1cc(F)ccc1[N+](=O)[O-]. The number of nitrogens with zero attached hydrogens (tertiary/aromatic N) is 3. The molecule has 0 heterocycles. The summed E-state index contributed by atoms with van der Waals surface area (Å²) in [5.41, 5.74) is -0.616. The zero-order valence-electron chi connectivity index (χ0n) is 11.1. The lowest BCUT2D eigenvalue weighted by Gasteiger charge is -2.19. The molecule has 1 rings (SSSR count). The van der Waals surface area contributed by atoms with Crippen LogP contribution in [0.2, 0.25) is 0 Å². The van der Waals surface area contributed by atoms with Crippen LogP contribution in [-0.4, -0.2) is 54.9 Å². The first-order valence-corrected chi connectivity index (χ1v) is 5.67. The van der Waals surface area contributed by atoms with E-state index in [1.54, 1.807) is 0 Å². The Kier molecular flexibility index (Phi) is 4.94. The van der Waals surface area contributed by atoms with Crippen molar-refractivity contribution in [3.63, 3.8) is 0 Å². The molecule has 0 bridgehead atoms. The summed E-state index contributed by atoms with van der Waals surface area (Å²) in [6, 6.07) is 2.86. The maximum absolute atomic E-state index is 13.1. The lowest BCUT2D eigenvalue weighted by molar-refractivity contribution is -0.385. The molecule has 1 aromatic carbocycles. The van der Waals surface area contributed by atoms with Crippen molar-refractivity contribution in [2.45, 2.75) is 0 Å². The first kappa shape index (κ1) is 15.0. The molecule has 6 nitrogen and oxygen atoms in total. The highest BCUT2D eigenvalue weighted by Gasteiger charge is 2.23. The van der Waals surface area contributed by atoms with E-state index in [0.717, 1.165) is 18.2 Å². The van der Waals surface area contributed by atoms with E-state index in [0.29, 0.717) is 13.1 Å². The summed E-state index contributed by atoms with van der Waals surface area (Å²) in [7, 11) is 5.23. The first-order chi connectivity index (χ1) is 8.82. The van der Waals surface area contributed by atoms with E-state index in [4.69, 9.17) is 0 Å². The summed E-state index contributed by atoms with van der Waals surface area (Å²) in [5, 5.41) is 10.8. The lowest BCUT2D eigenvalue weighted by Crippen LogP contribution is -2.33. The van der Waals surface area contributed by atoms with E-state index in [-0.39, 0.29) is 11.3 Å². The van der Waals surface area contributed by atoms with E-state index in [9.17, 15) is 19.3 Å². The molecule has 0 unspecified atom stereocenters. The summed E-state index contributed by atoms with van der Waals surface area (Å²) >= 11 is 0. The Morgan fingerprint density at radius 1 is 1.32 bits per heavy atom. The summed E-state index contributed by atoms with van der Waals surface area (Å²) in [6.07, 6.45) is 0. The Hall–Kier alpha value is -2.02. The molecule has 0 spiro atoms. The number of amides is 1. The van der Waals surface area contributed by atoms with Gasteiger partial charge in [0.1, 0.15) is 11.4 Å². The molecule has 0 saturated carbocycles. The summed E-state index contributed by atoms with van der Waals surface area (Å²) in [4.78, 5) is 25.4. The summed E-state index contributed by atoms with van der Waals surface area (Å²) in [5.74, 6) is -1.23. The second kappa shape index (κ2) is 6.24. The van der Waals surface area contributed by atoms with Gasteiger partial charge in [-0.1, -0.05) is 0 Å². The molecule has 0 radical (unpaired) electrons. The molecule has 0 aliphatic heterocycles. The third-order valence-corrected chi connectivity index (χ3v) is 2.62. The molecular weight excluding hydrogens is 253 g/mol. The van der Waals surface area contributed by atoms with Crippen LogP contribution in [0.3, 0.4) is 0 Å². The van der Waals surface area contributed by atoms with Gasteiger partial charge in [-0.25, -0.2) is 4.39 Å². The minimum Gasteiger partial charge on any atom is -0.340 e. The number of nitro benzene ring substituents is 1. The predicted octanol–water partition coefficient (Wildman–Crippen LogP) is 1.37. The van der Waals surface area contributed by atoms with Crippen LogP contribution in [0.15, 0.2) is 18.2 Å². The van der Waals surface area contributed by atoms with Crippen LogP contribution >= 0.6 is 0 Å². The predicted molar refractivity (Wildman–Crippen MR) is 68.6 cm³/mol. The summed E-state index contributed by atoms with van der Waals surface area (Å²) < 4.78 is 13.1. The first-order valence-electron chi connectivity index (χ1n) is 5.67. The second-order valence-electron chi connectivity index (χ2n) is 4.45. The largest absolute Gasteiger partial charge is 0.340 e. The van der Waals surface area contributed by atoms with Crippen molar-refractivity contribution in [3.8, 4) is 0 Å². The second-order valence-corrected chi connectivity index (χ2v) is 4.45. The molecule has 7 heteroatoms. The van der Waals surface area contributed by atoms with Crippen LogP contribution in [0.4, 0.5) is 10.1 Å². The molecule has 0 N–H and O–H groups in total. The maximum atomic E-state index is 13.1. The number of carbonyl (C=O) groups excluding carboxylic acids is 1. The Morgan fingerprint density at radius 2 is 1.95 bits per heavy atom. The van der Waals surface area contributed by atoms with Crippen LogP contribution in [-0.2, 0) is 0 Å². The molecule has 0 aliphatic carbocycles. The Bertz CT molecular complexity index is 491. The van der Waals surface area contributed by atoms with Crippen molar-refractivity contribution in [2.75, 3.05) is 34.2 Å². The highest BCUT2D eigenvalue weighted by molar-refractivity contribution is 5.98. The van der Waals surface area contributed by atoms with E-state index in [1.807, 2.05) is 19.0 Å². The number of hydrogen-bond acceptors (Lipinski definition) is 4. The Balaban J connectivity index is 2.98. The van der Waals surface area contributed by atoms with E-state index < -0.39 is 16.6 Å². The van der Waals surface area contributed by atoms with Crippen molar-refractivity contribution in [2.24, 2.45) is 0 Å². The van der Waals surface area contributed by atoms with E-state index in [1.165, 1.54) is 11.9 Å². The van der Waals surface area contributed by atoms with Crippen LogP contribution in [0.25, 0.3) is 0 Å². The molecule has 104 valence electrons. The van der Waals surface area contributed by atoms with Gasteiger partial charge >= 0.3 is 0 Å². The lowest BCUT2D eigenvalue weighted by atomic mass is 10.1. The van der Waals surface area contributed by atoms with Gasteiger partial charge in [-0.05, 0) is 26.2 Å². The normalized spacial score (nSPS) is 10.6. The molecule has 0 saturated heterocycles. The number of nitro groups is 1. The number of halogens is 1. The quantitative estimate of drug-likeness (QED) is 0.598. The standard InChI is InChI=1S/C12H16FN3O3/c1-14(2)6-7-15(3)12(17)10-8-9(13)4-5-11(10)16(18)19/h4-5,8H,6-7H2,1-3H3. The van der Waals surface area contributed by atoms with Crippen LogP contribution in [0.5, 0.6) is 0 Å². The average molecular weight is 269 g/mol. The number of rotatable bonds is 5. The van der Waals surface area contributed by atoms with Gasteiger partial charge in [-0.2, -0.15) is 0 Å². The van der Waals surface area contributed by atoms with Gasteiger partial charge in [0.2, 0.25) is 0 Å². The Labute approximate surface area is 110 Å². The molecule has 1 aromatic rings. The molecular formula is C12H16FN3O3. The van der Waals surface area contributed by atoms with Crippen molar-refractivity contribution in [1.82, 2.24) is 9.80 Å².